The fraction of sp³-hybridized carbons (Fsp3) is 0.467. The number of fused-ring (bicyclic) bond motifs is 1. The molecule has 0 N–H and O–H groups in total. The second kappa shape index (κ2) is 5.48. The second-order valence-electron chi connectivity index (χ2n) is 5.27. The van der Waals surface area contributed by atoms with Gasteiger partial charge in [-0.1, -0.05) is 30.0 Å². The number of hydrogen-bond donors (Lipinski definition) is 0. The zero-order valence-corrected chi connectivity index (χ0v) is 12.4. The van der Waals surface area contributed by atoms with E-state index >= 15 is 0 Å². The Kier molecular flexibility index (Phi) is 3.70. The molecule has 106 valence electrons. The third kappa shape index (κ3) is 2.42. The molecule has 0 spiro atoms. The second-order valence-corrected chi connectivity index (χ2v) is 6.31. The van der Waals surface area contributed by atoms with Gasteiger partial charge in [-0.15, -0.1) is 0 Å². The summed E-state index contributed by atoms with van der Waals surface area (Å²) in [5.41, 5.74) is 3.44. The summed E-state index contributed by atoms with van der Waals surface area (Å²) in [5.74, 6) is 0.831. The topological polar surface area (TPSA) is 40.6 Å². The van der Waals surface area contributed by atoms with Gasteiger partial charge in [0, 0.05) is 24.5 Å². The number of nitrogens with zero attached hydrogens (tertiary/aromatic N) is 2. The Morgan fingerprint density at radius 1 is 1.35 bits per heavy atom. The maximum absolute atomic E-state index is 12.5. The molecule has 4 nitrogen and oxygen atoms in total. The fourth-order valence-corrected chi connectivity index (χ4v) is 3.74. The van der Waals surface area contributed by atoms with Crippen LogP contribution in [-0.2, 0) is 11.2 Å². The molecule has 2 aliphatic rings. The molecule has 2 heterocycles. The van der Waals surface area contributed by atoms with Gasteiger partial charge in [-0.05, 0) is 30.9 Å². The van der Waals surface area contributed by atoms with Gasteiger partial charge in [0.15, 0.2) is 0 Å². The van der Waals surface area contributed by atoms with Gasteiger partial charge >= 0.3 is 0 Å². The van der Waals surface area contributed by atoms with Crippen molar-refractivity contribution in [2.24, 2.45) is 0 Å². The molecule has 2 amide bonds. The Morgan fingerprint density at radius 3 is 2.95 bits per heavy atom. The van der Waals surface area contributed by atoms with Crippen LogP contribution in [0.2, 0.25) is 0 Å². The van der Waals surface area contributed by atoms with E-state index in [0.29, 0.717) is 6.54 Å². The van der Waals surface area contributed by atoms with Crippen LogP contribution in [0.3, 0.4) is 0 Å². The zero-order chi connectivity index (χ0) is 14.1. The highest BCUT2D eigenvalue weighted by Gasteiger charge is 2.28. The van der Waals surface area contributed by atoms with E-state index in [9.17, 15) is 9.59 Å². The van der Waals surface area contributed by atoms with Crippen molar-refractivity contribution in [2.45, 2.75) is 19.8 Å². The van der Waals surface area contributed by atoms with E-state index < -0.39 is 0 Å². The summed E-state index contributed by atoms with van der Waals surface area (Å²) in [4.78, 5) is 27.7. The Morgan fingerprint density at radius 2 is 2.20 bits per heavy atom. The monoisotopic (exact) mass is 290 g/mol. The van der Waals surface area contributed by atoms with Crippen molar-refractivity contribution >= 4 is 28.6 Å². The number of carbonyl (C=O) groups excluding carboxylic acids is 2. The minimum atomic E-state index is 0.0281. The molecule has 3 rings (SSSR count). The first-order valence-corrected chi connectivity index (χ1v) is 7.96. The smallest absolute Gasteiger partial charge is 0.282 e. The Hall–Kier alpha value is -1.49. The maximum atomic E-state index is 12.5. The van der Waals surface area contributed by atoms with Gasteiger partial charge < -0.3 is 9.80 Å². The molecule has 2 aliphatic heterocycles. The highest BCUT2D eigenvalue weighted by molar-refractivity contribution is 8.13. The molecule has 1 aromatic rings. The van der Waals surface area contributed by atoms with Crippen molar-refractivity contribution in [1.29, 1.82) is 0 Å². The minimum absolute atomic E-state index is 0.0281. The van der Waals surface area contributed by atoms with Crippen molar-refractivity contribution in [3.63, 3.8) is 0 Å². The molecule has 1 aromatic carbocycles. The van der Waals surface area contributed by atoms with Crippen LogP contribution in [0, 0.1) is 6.92 Å². The molecular weight excluding hydrogens is 272 g/mol. The van der Waals surface area contributed by atoms with Crippen LogP contribution in [0.4, 0.5) is 10.5 Å². The molecule has 5 heteroatoms. The van der Waals surface area contributed by atoms with Crippen LogP contribution < -0.4 is 4.90 Å². The predicted octanol–water partition coefficient (Wildman–Crippen LogP) is 2.44. The summed E-state index contributed by atoms with van der Waals surface area (Å²) in [6.07, 6.45) is 2.02. The van der Waals surface area contributed by atoms with E-state index in [2.05, 4.69) is 6.07 Å². The van der Waals surface area contributed by atoms with E-state index in [1.165, 1.54) is 17.3 Å². The normalized spacial score (nSPS) is 18.4. The summed E-state index contributed by atoms with van der Waals surface area (Å²) in [6, 6.07) is 6.18. The van der Waals surface area contributed by atoms with Crippen molar-refractivity contribution in [2.75, 3.05) is 30.3 Å². The van der Waals surface area contributed by atoms with Crippen LogP contribution >= 0.6 is 11.8 Å². The fourth-order valence-electron chi connectivity index (χ4n) is 2.91. The molecule has 0 atom stereocenters. The molecule has 1 saturated heterocycles. The van der Waals surface area contributed by atoms with Crippen LogP contribution in [0.5, 0.6) is 0 Å². The Bertz CT molecular complexity index is 559. The number of amides is 2. The number of anilines is 1. The van der Waals surface area contributed by atoms with Crippen molar-refractivity contribution in [3.05, 3.63) is 29.3 Å². The predicted molar refractivity (Wildman–Crippen MR) is 81.3 cm³/mol. The lowest BCUT2D eigenvalue weighted by atomic mass is 9.98. The average Bonchev–Trinajstić information content (AvgIpc) is 2.84. The maximum Gasteiger partial charge on any atom is 0.282 e. The Balaban J connectivity index is 1.81. The lowest BCUT2D eigenvalue weighted by molar-refractivity contribution is -0.119. The van der Waals surface area contributed by atoms with E-state index in [4.69, 9.17) is 0 Å². The number of hydrogen-bond acceptors (Lipinski definition) is 3. The van der Waals surface area contributed by atoms with Crippen molar-refractivity contribution < 1.29 is 9.59 Å². The van der Waals surface area contributed by atoms with Gasteiger partial charge in [0.05, 0.1) is 0 Å². The lowest BCUT2D eigenvalue weighted by Gasteiger charge is -2.32. The number of thioether (sulfide) groups is 1. The minimum Gasteiger partial charge on any atom is -0.323 e. The molecule has 0 unspecified atom stereocenters. The third-order valence-electron chi connectivity index (χ3n) is 3.89. The van der Waals surface area contributed by atoms with Crippen LogP contribution in [0.1, 0.15) is 17.5 Å². The summed E-state index contributed by atoms with van der Waals surface area (Å²) in [5, 5.41) is 0.0281. The number of benzene rings is 1. The quantitative estimate of drug-likeness (QED) is 0.840. The molecule has 0 radical (unpaired) electrons. The molecule has 1 fully saturated rings. The van der Waals surface area contributed by atoms with Crippen LogP contribution in [0.25, 0.3) is 0 Å². The first-order chi connectivity index (χ1) is 9.66. The summed E-state index contributed by atoms with van der Waals surface area (Å²) in [7, 11) is 0. The first kappa shape index (κ1) is 13.5. The van der Waals surface area contributed by atoms with Crippen molar-refractivity contribution in [3.8, 4) is 0 Å². The highest BCUT2D eigenvalue weighted by atomic mass is 32.2. The summed E-state index contributed by atoms with van der Waals surface area (Å²) < 4.78 is 0. The third-order valence-corrected chi connectivity index (χ3v) is 4.78. The molecule has 0 bridgehead atoms. The SMILES string of the molecule is Cc1cccc2c1N(C(=O)CN1CCSC1=O)CCC2. The number of carbonyl (C=O) groups is 2. The summed E-state index contributed by atoms with van der Waals surface area (Å²) in [6.45, 7) is 3.69. The van der Waals surface area contributed by atoms with Gasteiger partial charge in [0.25, 0.3) is 5.24 Å². The van der Waals surface area contributed by atoms with Crippen LogP contribution in [0.15, 0.2) is 18.2 Å². The van der Waals surface area contributed by atoms with Gasteiger partial charge in [0.2, 0.25) is 5.91 Å². The Labute approximate surface area is 123 Å². The van der Waals surface area contributed by atoms with Gasteiger partial charge in [-0.3, -0.25) is 9.59 Å². The molecule has 0 aromatic heterocycles. The zero-order valence-electron chi connectivity index (χ0n) is 11.6. The summed E-state index contributed by atoms with van der Waals surface area (Å²) >= 11 is 1.30. The van der Waals surface area contributed by atoms with Gasteiger partial charge in [-0.2, -0.15) is 0 Å². The van der Waals surface area contributed by atoms with E-state index in [1.807, 2.05) is 24.0 Å². The molecular formula is C15H18N2O2S. The largest absolute Gasteiger partial charge is 0.323 e. The van der Waals surface area contributed by atoms with E-state index in [1.54, 1.807) is 4.90 Å². The first-order valence-electron chi connectivity index (χ1n) is 6.97. The van der Waals surface area contributed by atoms with Crippen molar-refractivity contribution in [1.82, 2.24) is 4.90 Å². The molecule has 0 aliphatic carbocycles. The number of rotatable bonds is 2. The lowest BCUT2D eigenvalue weighted by Crippen LogP contribution is -2.43. The molecule has 0 saturated carbocycles. The standard InChI is InChI=1S/C15H18N2O2S/c1-11-4-2-5-12-6-3-7-17(14(11)12)13(18)10-16-8-9-20-15(16)19/h2,4-5H,3,6-10H2,1H3. The van der Waals surface area contributed by atoms with Crippen LogP contribution in [-0.4, -0.2) is 41.4 Å². The van der Waals surface area contributed by atoms with E-state index in [-0.39, 0.29) is 17.7 Å². The van der Waals surface area contributed by atoms with Gasteiger partial charge in [0.1, 0.15) is 6.54 Å². The highest BCUT2D eigenvalue weighted by Crippen LogP contribution is 2.31. The number of para-hydroxylation sites is 1. The van der Waals surface area contributed by atoms with Gasteiger partial charge in [-0.25, -0.2) is 0 Å². The number of aryl methyl sites for hydroxylation is 2. The van der Waals surface area contributed by atoms with E-state index in [0.717, 1.165) is 36.4 Å². The average molecular weight is 290 g/mol. The molecule has 20 heavy (non-hydrogen) atoms.